The van der Waals surface area contributed by atoms with Crippen LogP contribution in [-0.2, 0) is 15.6 Å². The van der Waals surface area contributed by atoms with E-state index in [9.17, 15) is 28.4 Å². The Balaban J connectivity index is 2.15. The highest BCUT2D eigenvalue weighted by atomic mass is 35.5. The quantitative estimate of drug-likeness (QED) is 0.203. The molecule has 10 heteroatoms. The van der Waals surface area contributed by atoms with Gasteiger partial charge in [0, 0.05) is 21.7 Å². The molecular weight excluding hydrogens is 477 g/mol. The van der Waals surface area contributed by atoms with Crippen LogP contribution in [0.2, 0.25) is 10.0 Å². The Morgan fingerprint density at radius 2 is 1.69 bits per heavy atom. The van der Waals surface area contributed by atoms with Crippen molar-refractivity contribution in [2.24, 2.45) is 0 Å². The maximum Gasteiger partial charge on any atom is 0.311 e. The van der Waals surface area contributed by atoms with Gasteiger partial charge in [0.2, 0.25) is 5.78 Å². The van der Waals surface area contributed by atoms with Crippen LogP contribution in [-0.4, -0.2) is 24.2 Å². The Morgan fingerprint density at radius 3 is 2.31 bits per heavy atom. The molecule has 3 aromatic carbocycles. The Bertz CT molecular complexity index is 1330. The van der Waals surface area contributed by atoms with E-state index >= 15 is 0 Å². The molecule has 3 rings (SSSR count). The van der Waals surface area contributed by atoms with E-state index in [1.807, 2.05) is 0 Å². The second-order valence-electron chi connectivity index (χ2n) is 6.70. The minimum atomic E-state index is -4.24. The Labute approximate surface area is 193 Å². The first-order chi connectivity index (χ1) is 15.1. The first-order valence-corrected chi connectivity index (χ1v) is 11.4. The summed E-state index contributed by atoms with van der Waals surface area (Å²) in [6.45, 7) is 0. The van der Waals surface area contributed by atoms with Crippen LogP contribution in [0, 0.1) is 10.1 Å². The van der Waals surface area contributed by atoms with Crippen LogP contribution in [0.1, 0.15) is 21.5 Å². The monoisotopic (exact) mass is 491 g/mol. The maximum absolute atomic E-state index is 13.3. The van der Waals surface area contributed by atoms with E-state index in [-0.39, 0.29) is 16.1 Å². The van der Waals surface area contributed by atoms with Gasteiger partial charge in [0.1, 0.15) is 4.91 Å². The third-order valence-electron chi connectivity index (χ3n) is 4.46. The molecule has 0 aliphatic heterocycles. The lowest BCUT2D eigenvalue weighted by atomic mass is 10.1. The van der Waals surface area contributed by atoms with Gasteiger partial charge in [-0.1, -0.05) is 47.5 Å². The molecule has 32 heavy (non-hydrogen) atoms. The van der Waals surface area contributed by atoms with Gasteiger partial charge in [-0.2, -0.15) is 0 Å². The molecule has 0 saturated heterocycles. The molecule has 1 N–H and O–H groups in total. The lowest BCUT2D eigenvalue weighted by Gasteiger charge is -2.11. The van der Waals surface area contributed by atoms with E-state index < -0.39 is 42.6 Å². The van der Waals surface area contributed by atoms with Crippen LogP contribution < -0.4 is 0 Å². The predicted octanol–water partition coefficient (Wildman–Crippen LogP) is 5.45. The highest BCUT2D eigenvalue weighted by molar-refractivity contribution is 7.95. The standard InChI is InChI=1S/C22H15Cl2NO6S/c23-17-8-6-15(7-9-17)22(27)21(12-14-5-10-20(26)19(11-14)25(28)29)32(30,31)13-16-3-1-2-4-18(16)24/h1-12,26H,13H2/b21-12+. The summed E-state index contributed by atoms with van der Waals surface area (Å²) in [7, 11) is -4.24. The second kappa shape index (κ2) is 9.52. The number of nitro groups is 1. The number of hydrogen-bond donors (Lipinski definition) is 1. The number of nitro benzene ring substituents is 1. The van der Waals surface area contributed by atoms with E-state index in [2.05, 4.69) is 0 Å². The number of allylic oxidation sites excluding steroid dienone is 1. The Kier molecular flexibility index (Phi) is 6.98. The molecular formula is C22H15Cl2NO6S. The number of carbonyl (C=O) groups excluding carboxylic acids is 1. The zero-order valence-corrected chi connectivity index (χ0v) is 18.6. The van der Waals surface area contributed by atoms with Crippen LogP contribution >= 0.6 is 23.2 Å². The van der Waals surface area contributed by atoms with E-state index in [0.29, 0.717) is 10.6 Å². The number of hydrogen-bond acceptors (Lipinski definition) is 6. The van der Waals surface area contributed by atoms with Gasteiger partial charge in [0.25, 0.3) is 0 Å². The number of Topliss-reactive ketones (excluding diaryl/α,β-unsaturated/α-hetero) is 1. The molecule has 0 unspecified atom stereocenters. The summed E-state index contributed by atoms with van der Waals surface area (Å²) in [4.78, 5) is 22.9. The van der Waals surface area contributed by atoms with Crippen LogP contribution in [0.4, 0.5) is 5.69 Å². The Morgan fingerprint density at radius 1 is 1.03 bits per heavy atom. The van der Waals surface area contributed by atoms with Gasteiger partial charge in [-0.05, 0) is 53.6 Å². The van der Waals surface area contributed by atoms with Crippen LogP contribution in [0.5, 0.6) is 5.75 Å². The fourth-order valence-corrected chi connectivity index (χ4v) is 4.81. The van der Waals surface area contributed by atoms with Crippen molar-refractivity contribution in [2.75, 3.05) is 0 Å². The first-order valence-electron chi connectivity index (χ1n) is 9.04. The van der Waals surface area contributed by atoms with Crippen molar-refractivity contribution in [3.05, 3.63) is 108 Å². The number of sulfone groups is 1. The zero-order valence-electron chi connectivity index (χ0n) is 16.2. The number of halogens is 2. The number of phenols is 1. The zero-order chi connectivity index (χ0) is 23.5. The molecule has 0 atom stereocenters. The first kappa shape index (κ1) is 23.5. The lowest BCUT2D eigenvalue weighted by molar-refractivity contribution is -0.385. The van der Waals surface area contributed by atoms with E-state index in [1.54, 1.807) is 12.1 Å². The number of aromatic hydroxyl groups is 1. The topological polar surface area (TPSA) is 115 Å². The molecule has 164 valence electrons. The average Bonchev–Trinajstić information content (AvgIpc) is 2.74. The van der Waals surface area contributed by atoms with Crippen molar-refractivity contribution in [1.82, 2.24) is 0 Å². The molecule has 0 fully saturated rings. The highest BCUT2D eigenvalue weighted by Gasteiger charge is 2.28. The maximum atomic E-state index is 13.3. The van der Waals surface area contributed by atoms with E-state index in [4.69, 9.17) is 23.2 Å². The summed E-state index contributed by atoms with van der Waals surface area (Å²) in [6.07, 6.45) is 1.04. The lowest BCUT2D eigenvalue weighted by Crippen LogP contribution is -2.16. The molecule has 3 aromatic rings. The van der Waals surface area contributed by atoms with Gasteiger partial charge >= 0.3 is 5.69 Å². The molecule has 0 heterocycles. The SMILES string of the molecule is O=C(/C(=C\c1ccc(O)c([N+](=O)[O-])c1)S(=O)(=O)Cc1ccccc1Cl)c1ccc(Cl)cc1. The fraction of sp³-hybridized carbons (Fsp3) is 0.0455. The molecule has 0 spiro atoms. The molecule has 0 aliphatic carbocycles. The van der Waals surface area contributed by atoms with Gasteiger partial charge < -0.3 is 5.11 Å². The van der Waals surface area contributed by atoms with Crippen LogP contribution in [0.15, 0.2) is 71.6 Å². The van der Waals surface area contributed by atoms with Gasteiger partial charge in [-0.15, -0.1) is 0 Å². The third-order valence-corrected chi connectivity index (χ3v) is 6.75. The van der Waals surface area contributed by atoms with Crippen molar-refractivity contribution < 1.29 is 23.2 Å². The van der Waals surface area contributed by atoms with Gasteiger partial charge in [-0.3, -0.25) is 14.9 Å². The van der Waals surface area contributed by atoms with Gasteiger partial charge in [-0.25, -0.2) is 8.42 Å². The molecule has 0 radical (unpaired) electrons. The fourth-order valence-electron chi connectivity index (χ4n) is 2.87. The van der Waals surface area contributed by atoms with Crippen LogP contribution in [0.25, 0.3) is 6.08 Å². The second-order valence-corrected chi connectivity index (χ2v) is 9.50. The minimum absolute atomic E-state index is 0.0505. The third kappa shape index (κ3) is 5.34. The molecule has 0 aromatic heterocycles. The molecule has 0 saturated carbocycles. The molecule has 0 bridgehead atoms. The summed E-state index contributed by atoms with van der Waals surface area (Å²) < 4.78 is 26.5. The van der Waals surface area contributed by atoms with Crippen LogP contribution in [0.3, 0.4) is 0 Å². The summed E-state index contributed by atoms with van der Waals surface area (Å²) in [5.74, 6) is -1.96. The number of benzene rings is 3. The highest BCUT2D eigenvalue weighted by Crippen LogP contribution is 2.30. The largest absolute Gasteiger partial charge is 0.502 e. The van der Waals surface area contributed by atoms with Crippen molar-refractivity contribution in [2.45, 2.75) is 5.75 Å². The van der Waals surface area contributed by atoms with Crippen molar-refractivity contribution >= 4 is 50.6 Å². The number of phenolic OH excluding ortho intramolecular Hbond substituents is 1. The summed E-state index contributed by atoms with van der Waals surface area (Å²) in [6, 6.07) is 15.2. The van der Waals surface area contributed by atoms with Gasteiger partial charge in [0.05, 0.1) is 10.7 Å². The summed E-state index contributed by atoms with van der Waals surface area (Å²) in [5, 5.41) is 21.4. The van der Waals surface area contributed by atoms with Gasteiger partial charge in [0.15, 0.2) is 15.6 Å². The predicted molar refractivity (Wildman–Crippen MR) is 123 cm³/mol. The average molecular weight is 492 g/mol. The van der Waals surface area contributed by atoms with E-state index in [1.165, 1.54) is 42.5 Å². The number of rotatable bonds is 7. The van der Waals surface area contributed by atoms with Crippen molar-refractivity contribution in [3.8, 4) is 5.75 Å². The van der Waals surface area contributed by atoms with Crippen molar-refractivity contribution in [3.63, 3.8) is 0 Å². The molecule has 0 amide bonds. The van der Waals surface area contributed by atoms with E-state index in [0.717, 1.165) is 18.2 Å². The number of nitrogens with zero attached hydrogens (tertiary/aromatic N) is 1. The number of ketones is 1. The summed E-state index contributed by atoms with van der Waals surface area (Å²) in [5.41, 5.74) is -0.215. The minimum Gasteiger partial charge on any atom is -0.502 e. The normalized spacial score (nSPS) is 11.9. The molecule has 7 nitrogen and oxygen atoms in total. The van der Waals surface area contributed by atoms with Crippen molar-refractivity contribution in [1.29, 1.82) is 0 Å². The number of carbonyl (C=O) groups is 1. The smallest absolute Gasteiger partial charge is 0.311 e. The molecule has 0 aliphatic rings. The Hall–Kier alpha value is -3.20. The summed E-state index contributed by atoms with van der Waals surface area (Å²) >= 11 is 12.0.